The molecule has 3 aromatic rings. The number of phenols is 1. The third kappa shape index (κ3) is 4.92. The van der Waals surface area contributed by atoms with Gasteiger partial charge in [-0.15, -0.1) is 0 Å². The maximum absolute atomic E-state index is 12.3. The lowest BCUT2D eigenvalue weighted by Crippen LogP contribution is -2.18. The molecule has 0 bridgehead atoms. The zero-order valence-electron chi connectivity index (χ0n) is 16.2. The van der Waals surface area contributed by atoms with E-state index in [9.17, 15) is 9.90 Å². The minimum atomic E-state index is -0.452. The highest BCUT2D eigenvalue weighted by molar-refractivity contribution is 5.94. The number of aromatic nitrogens is 2. The Morgan fingerprint density at radius 1 is 1.17 bits per heavy atom. The number of aromatic hydroxyl groups is 1. The topological polar surface area (TPSA) is 109 Å². The molecule has 0 saturated heterocycles. The normalized spacial score (nSPS) is 10.8. The molecule has 1 amide bonds. The zero-order valence-corrected chi connectivity index (χ0v) is 16.2. The van der Waals surface area contributed by atoms with E-state index in [1.807, 2.05) is 38.1 Å². The predicted molar refractivity (Wildman–Crippen MR) is 110 cm³/mol. The van der Waals surface area contributed by atoms with Gasteiger partial charge in [-0.05, 0) is 56.3 Å². The molecule has 0 unspecified atom stereocenters. The summed E-state index contributed by atoms with van der Waals surface area (Å²) in [6, 6.07) is 14.1. The van der Waals surface area contributed by atoms with Gasteiger partial charge in [0.05, 0.1) is 25.1 Å². The Bertz CT molecular complexity index is 996. The molecule has 0 radical (unpaired) electrons. The Hall–Kier alpha value is -3.81. The fourth-order valence-corrected chi connectivity index (χ4v) is 2.61. The third-order valence-electron chi connectivity index (χ3n) is 3.98. The molecule has 3 N–H and O–H groups in total. The molecule has 8 nitrogen and oxygen atoms in total. The van der Waals surface area contributed by atoms with E-state index in [0.29, 0.717) is 30.2 Å². The van der Waals surface area contributed by atoms with Gasteiger partial charge >= 0.3 is 0 Å². The first-order valence-corrected chi connectivity index (χ1v) is 9.19. The van der Waals surface area contributed by atoms with Crippen molar-refractivity contribution < 1.29 is 19.4 Å². The molecule has 1 heterocycles. The van der Waals surface area contributed by atoms with Gasteiger partial charge in [-0.1, -0.05) is 6.07 Å². The van der Waals surface area contributed by atoms with E-state index in [1.54, 1.807) is 24.3 Å². The van der Waals surface area contributed by atoms with Gasteiger partial charge in [0.1, 0.15) is 11.4 Å². The van der Waals surface area contributed by atoms with Crippen molar-refractivity contribution in [1.82, 2.24) is 15.6 Å². The summed E-state index contributed by atoms with van der Waals surface area (Å²) < 4.78 is 10.7. The third-order valence-corrected chi connectivity index (χ3v) is 3.98. The molecular weight excluding hydrogens is 372 g/mol. The molecule has 0 aliphatic heterocycles. The van der Waals surface area contributed by atoms with Gasteiger partial charge in [0.25, 0.3) is 5.91 Å². The Morgan fingerprint density at radius 2 is 1.93 bits per heavy atom. The number of carbonyl (C=O) groups excluding carboxylic acids is 1. The lowest BCUT2D eigenvalue weighted by molar-refractivity contribution is 0.0950. The zero-order chi connectivity index (χ0) is 20.6. The van der Waals surface area contributed by atoms with Gasteiger partial charge in [0, 0.05) is 11.1 Å². The number of nitrogens with zero attached hydrogens (tertiary/aromatic N) is 2. The molecule has 0 aliphatic carbocycles. The minimum Gasteiger partial charge on any atom is -0.504 e. The summed E-state index contributed by atoms with van der Waals surface area (Å²) >= 11 is 0. The van der Waals surface area contributed by atoms with Gasteiger partial charge in [0.15, 0.2) is 11.5 Å². The summed E-state index contributed by atoms with van der Waals surface area (Å²) in [6.45, 7) is 4.78. The Balaban J connectivity index is 1.65. The first-order chi connectivity index (χ1) is 14.1. The highest BCUT2D eigenvalue weighted by Crippen LogP contribution is 2.28. The molecule has 8 heteroatoms. The van der Waals surface area contributed by atoms with Crippen LogP contribution in [0.25, 0.3) is 11.3 Å². The number of hydrogen-bond donors (Lipinski definition) is 3. The molecule has 1 aromatic heterocycles. The van der Waals surface area contributed by atoms with E-state index in [1.165, 1.54) is 6.21 Å². The van der Waals surface area contributed by atoms with Crippen molar-refractivity contribution in [3.63, 3.8) is 0 Å². The van der Waals surface area contributed by atoms with Crippen molar-refractivity contribution in [2.75, 3.05) is 13.2 Å². The number of carbonyl (C=O) groups is 1. The molecule has 29 heavy (non-hydrogen) atoms. The number of nitrogens with one attached hydrogen (secondary N) is 2. The van der Waals surface area contributed by atoms with Crippen molar-refractivity contribution in [2.24, 2.45) is 5.10 Å². The summed E-state index contributed by atoms with van der Waals surface area (Å²) in [5, 5.41) is 20.9. The molecule has 0 atom stereocenters. The van der Waals surface area contributed by atoms with E-state index in [-0.39, 0.29) is 11.4 Å². The fraction of sp³-hybridized carbons (Fsp3) is 0.190. The quantitative estimate of drug-likeness (QED) is 0.401. The lowest BCUT2D eigenvalue weighted by Gasteiger charge is -2.07. The smallest absolute Gasteiger partial charge is 0.289 e. The summed E-state index contributed by atoms with van der Waals surface area (Å²) in [4.78, 5) is 12.3. The van der Waals surface area contributed by atoms with Crippen LogP contribution in [0.15, 0.2) is 53.6 Å². The monoisotopic (exact) mass is 394 g/mol. The molecule has 0 aliphatic rings. The van der Waals surface area contributed by atoms with Crippen molar-refractivity contribution in [3.8, 4) is 28.5 Å². The van der Waals surface area contributed by atoms with Gasteiger partial charge in [-0.2, -0.15) is 10.2 Å². The molecular formula is C21H22N4O4. The number of para-hydroxylation sites is 1. The number of amides is 1. The predicted octanol–water partition coefficient (Wildman–Crippen LogP) is 3.34. The summed E-state index contributed by atoms with van der Waals surface area (Å²) in [5.74, 6) is 0.644. The number of hydrogen-bond acceptors (Lipinski definition) is 6. The van der Waals surface area contributed by atoms with Crippen molar-refractivity contribution >= 4 is 12.1 Å². The molecule has 0 fully saturated rings. The first-order valence-electron chi connectivity index (χ1n) is 9.19. The number of aromatic amines is 1. The van der Waals surface area contributed by atoms with Crippen LogP contribution >= 0.6 is 0 Å². The second-order valence-electron chi connectivity index (χ2n) is 5.95. The summed E-state index contributed by atoms with van der Waals surface area (Å²) in [6.07, 6.45) is 1.35. The Kier molecular flexibility index (Phi) is 6.47. The van der Waals surface area contributed by atoms with Gasteiger partial charge in [-0.25, -0.2) is 5.43 Å². The van der Waals surface area contributed by atoms with Crippen LogP contribution in [0.1, 0.15) is 29.9 Å². The number of benzene rings is 2. The number of ether oxygens (including phenoxy) is 2. The second kappa shape index (κ2) is 9.41. The van der Waals surface area contributed by atoms with E-state index in [0.717, 1.165) is 11.3 Å². The van der Waals surface area contributed by atoms with E-state index >= 15 is 0 Å². The van der Waals surface area contributed by atoms with Crippen LogP contribution in [0.5, 0.6) is 17.2 Å². The number of phenolic OH excluding ortho intramolecular Hbond substituents is 1. The van der Waals surface area contributed by atoms with Crippen molar-refractivity contribution in [1.29, 1.82) is 0 Å². The van der Waals surface area contributed by atoms with Gasteiger partial charge in [0.2, 0.25) is 0 Å². The molecule has 150 valence electrons. The minimum absolute atomic E-state index is 0.0355. The second-order valence-corrected chi connectivity index (χ2v) is 5.95. The summed E-state index contributed by atoms with van der Waals surface area (Å²) in [5.41, 5.74) is 4.57. The summed E-state index contributed by atoms with van der Waals surface area (Å²) in [7, 11) is 0. The Morgan fingerprint density at radius 3 is 2.66 bits per heavy atom. The highest BCUT2D eigenvalue weighted by atomic mass is 16.5. The van der Waals surface area contributed by atoms with Crippen molar-refractivity contribution in [3.05, 3.63) is 59.8 Å². The standard InChI is InChI=1S/C21H22N4O4/c1-3-28-16-10-8-14(9-11-16)17-12-18(24-23-17)21(27)25-22-13-15-6-5-7-19(20(15)26)29-4-2/h5-13,26H,3-4H2,1-2H3,(H,23,24)(H,25,27). The average molecular weight is 394 g/mol. The molecule has 3 rings (SSSR count). The van der Waals surface area contributed by atoms with Crippen LogP contribution in [-0.2, 0) is 0 Å². The van der Waals surface area contributed by atoms with Crippen LogP contribution in [-0.4, -0.2) is 40.6 Å². The Labute approximate surface area is 168 Å². The maximum atomic E-state index is 12.3. The van der Waals surface area contributed by atoms with Crippen molar-refractivity contribution in [2.45, 2.75) is 13.8 Å². The lowest BCUT2D eigenvalue weighted by atomic mass is 10.1. The fourth-order valence-electron chi connectivity index (χ4n) is 2.61. The highest BCUT2D eigenvalue weighted by Gasteiger charge is 2.11. The van der Waals surface area contributed by atoms with Crippen LogP contribution in [0, 0.1) is 0 Å². The van der Waals surface area contributed by atoms with Crippen LogP contribution in [0.4, 0.5) is 0 Å². The molecule has 0 saturated carbocycles. The van der Waals surface area contributed by atoms with Crippen LogP contribution < -0.4 is 14.9 Å². The SMILES string of the molecule is CCOc1ccc(-c2cc(C(=O)NN=Cc3cccc(OCC)c3O)[nH]n2)cc1. The number of rotatable bonds is 8. The van der Waals surface area contributed by atoms with Gasteiger partial charge in [-0.3, -0.25) is 9.89 Å². The molecule has 2 aromatic carbocycles. The maximum Gasteiger partial charge on any atom is 0.289 e. The first kappa shape index (κ1) is 19.9. The largest absolute Gasteiger partial charge is 0.504 e. The molecule has 0 spiro atoms. The number of H-pyrrole nitrogens is 1. The van der Waals surface area contributed by atoms with Gasteiger partial charge < -0.3 is 14.6 Å². The van der Waals surface area contributed by atoms with E-state index < -0.39 is 5.91 Å². The average Bonchev–Trinajstić information content (AvgIpc) is 3.22. The van der Waals surface area contributed by atoms with E-state index in [4.69, 9.17) is 9.47 Å². The number of hydrazone groups is 1. The van der Waals surface area contributed by atoms with Crippen LogP contribution in [0.3, 0.4) is 0 Å². The van der Waals surface area contributed by atoms with Crippen LogP contribution in [0.2, 0.25) is 0 Å². The van der Waals surface area contributed by atoms with E-state index in [2.05, 4.69) is 20.7 Å².